The van der Waals surface area contributed by atoms with Gasteiger partial charge < -0.3 is 14.6 Å². The van der Waals surface area contributed by atoms with Crippen molar-refractivity contribution in [3.63, 3.8) is 0 Å². The van der Waals surface area contributed by atoms with Crippen LogP contribution in [-0.4, -0.2) is 22.6 Å². The number of methoxy groups -OCH3 is 1. The third-order valence-corrected chi connectivity index (χ3v) is 2.36. The average Bonchev–Trinajstić information content (AvgIpc) is 2.37. The Kier molecular flexibility index (Phi) is 5.29. The summed E-state index contributed by atoms with van der Waals surface area (Å²) in [5, 5.41) is 10.6. The first-order valence-corrected chi connectivity index (χ1v) is 5.06. The maximum absolute atomic E-state index is 12.0. The van der Waals surface area contributed by atoms with Crippen molar-refractivity contribution >= 4 is 23.1 Å². The van der Waals surface area contributed by atoms with Crippen LogP contribution in [0.15, 0.2) is 35.4 Å². The fourth-order valence-corrected chi connectivity index (χ4v) is 1.49. The summed E-state index contributed by atoms with van der Waals surface area (Å²) in [5.74, 6) is -0.851. The Labute approximate surface area is 130 Å². The predicted octanol–water partition coefficient (Wildman–Crippen LogP) is -3.37. The molecule has 1 heterocycles. The normalized spacial score (nSPS) is 10.4. The minimum Gasteiger partial charge on any atom is -0.545 e. The van der Waals surface area contributed by atoms with Crippen molar-refractivity contribution in [2.75, 3.05) is 7.11 Å². The maximum atomic E-state index is 12.0. The van der Waals surface area contributed by atoms with Crippen molar-refractivity contribution in [2.24, 2.45) is 0 Å². The molecule has 0 spiro atoms. The molecule has 1 aromatic carbocycles. The summed E-state index contributed by atoms with van der Waals surface area (Å²) in [4.78, 5) is 26.3. The van der Waals surface area contributed by atoms with Crippen LogP contribution in [0.2, 0.25) is 0 Å². The van der Waals surface area contributed by atoms with E-state index in [1.54, 1.807) is 18.2 Å². The summed E-state index contributed by atoms with van der Waals surface area (Å²) in [6, 6.07) is 4.90. The number of carboxylic acids is 1. The number of aromatic nitrogens is 2. The molecule has 19 heavy (non-hydrogen) atoms. The molecule has 7 heteroatoms. The van der Waals surface area contributed by atoms with Crippen molar-refractivity contribution in [2.45, 2.75) is 0 Å². The number of aliphatic carboxylic acids is 1. The Bertz CT molecular complexity index is 694. The van der Waals surface area contributed by atoms with Crippen molar-refractivity contribution in [3.8, 4) is 5.75 Å². The van der Waals surface area contributed by atoms with Gasteiger partial charge in [-0.15, -0.1) is 0 Å². The van der Waals surface area contributed by atoms with Gasteiger partial charge in [0, 0.05) is 6.20 Å². The fraction of sp³-hybridized carbons (Fsp3) is 0.0833. The SMILES string of the molecule is COc1ccc2ncn(/C=C/C(=O)[O-])c(=O)c2c1.[Na+]. The Balaban J connectivity index is 0.00000180. The van der Waals surface area contributed by atoms with E-state index in [-0.39, 0.29) is 35.1 Å². The van der Waals surface area contributed by atoms with Crippen LogP contribution in [-0.2, 0) is 4.79 Å². The van der Waals surface area contributed by atoms with E-state index < -0.39 is 5.97 Å². The number of carboxylic acid groups (broad SMARTS) is 1. The number of hydrogen-bond donors (Lipinski definition) is 0. The number of nitrogens with zero attached hydrogens (tertiary/aromatic N) is 2. The van der Waals surface area contributed by atoms with Crippen molar-refractivity contribution in [1.82, 2.24) is 9.55 Å². The molecular weight excluding hydrogens is 259 g/mol. The largest absolute Gasteiger partial charge is 1.00 e. The summed E-state index contributed by atoms with van der Waals surface area (Å²) in [6.45, 7) is 0. The van der Waals surface area contributed by atoms with E-state index in [0.717, 1.165) is 16.8 Å². The van der Waals surface area contributed by atoms with Crippen LogP contribution in [0.1, 0.15) is 0 Å². The van der Waals surface area contributed by atoms with Gasteiger partial charge >= 0.3 is 29.6 Å². The molecule has 0 radical (unpaired) electrons. The van der Waals surface area contributed by atoms with E-state index in [4.69, 9.17) is 4.74 Å². The van der Waals surface area contributed by atoms with E-state index in [9.17, 15) is 14.7 Å². The molecule has 0 aliphatic rings. The van der Waals surface area contributed by atoms with Gasteiger partial charge in [0.2, 0.25) is 0 Å². The Hall–Kier alpha value is -1.63. The van der Waals surface area contributed by atoms with Crippen LogP contribution in [0.3, 0.4) is 0 Å². The first-order valence-electron chi connectivity index (χ1n) is 5.06. The maximum Gasteiger partial charge on any atom is 1.00 e. The molecule has 0 saturated heterocycles. The summed E-state index contributed by atoms with van der Waals surface area (Å²) >= 11 is 0. The molecule has 6 nitrogen and oxygen atoms in total. The predicted molar refractivity (Wildman–Crippen MR) is 62.9 cm³/mol. The number of carbonyl (C=O) groups is 1. The van der Waals surface area contributed by atoms with Gasteiger partial charge in [0.1, 0.15) is 12.1 Å². The van der Waals surface area contributed by atoms with E-state index in [1.807, 2.05) is 0 Å². The summed E-state index contributed by atoms with van der Waals surface area (Å²) in [7, 11) is 1.49. The van der Waals surface area contributed by atoms with Gasteiger partial charge in [0.15, 0.2) is 0 Å². The molecule has 2 aromatic rings. The molecule has 0 amide bonds. The van der Waals surface area contributed by atoms with E-state index in [2.05, 4.69) is 4.98 Å². The number of ether oxygens (including phenoxy) is 1. The monoisotopic (exact) mass is 268 g/mol. The van der Waals surface area contributed by atoms with Gasteiger partial charge in [-0.3, -0.25) is 9.36 Å². The van der Waals surface area contributed by atoms with Crippen LogP contribution < -0.4 is 45.0 Å². The average molecular weight is 268 g/mol. The van der Waals surface area contributed by atoms with Gasteiger partial charge in [-0.25, -0.2) is 4.98 Å². The van der Waals surface area contributed by atoms with E-state index >= 15 is 0 Å². The van der Waals surface area contributed by atoms with E-state index in [0.29, 0.717) is 16.7 Å². The molecule has 1 aromatic heterocycles. The molecule has 0 bridgehead atoms. The quantitative estimate of drug-likeness (QED) is 0.428. The van der Waals surface area contributed by atoms with E-state index in [1.165, 1.54) is 13.4 Å². The Morgan fingerprint density at radius 1 is 1.47 bits per heavy atom. The molecule has 2 rings (SSSR count). The van der Waals surface area contributed by atoms with Crippen LogP contribution in [0.5, 0.6) is 5.75 Å². The second-order valence-corrected chi connectivity index (χ2v) is 3.47. The summed E-state index contributed by atoms with van der Waals surface area (Å²) in [5.41, 5.74) is 0.135. The fourth-order valence-electron chi connectivity index (χ4n) is 1.49. The Morgan fingerprint density at radius 2 is 2.21 bits per heavy atom. The van der Waals surface area contributed by atoms with Gasteiger partial charge in [0.05, 0.1) is 24.0 Å². The number of benzene rings is 1. The molecule has 0 N–H and O–H groups in total. The standard InChI is InChI=1S/C12H10N2O4.Na/c1-18-8-2-3-10-9(6-8)12(17)14(7-13-10)5-4-11(15)16;/h2-7H,1H3,(H,15,16);/q;+1/p-1/b5-4+;. The third-order valence-electron chi connectivity index (χ3n) is 2.36. The zero-order chi connectivity index (χ0) is 13.1. The molecule has 0 saturated carbocycles. The second kappa shape index (κ2) is 6.51. The first kappa shape index (κ1) is 15.4. The molecule has 0 aliphatic heterocycles. The smallest absolute Gasteiger partial charge is 0.545 e. The van der Waals surface area contributed by atoms with Crippen LogP contribution in [0, 0.1) is 0 Å². The molecule has 0 atom stereocenters. The number of fused-ring (bicyclic) bond motifs is 1. The number of rotatable bonds is 3. The third kappa shape index (κ3) is 3.44. The zero-order valence-electron chi connectivity index (χ0n) is 10.5. The van der Waals surface area contributed by atoms with Crippen molar-refractivity contribution in [1.29, 1.82) is 0 Å². The Morgan fingerprint density at radius 3 is 2.84 bits per heavy atom. The van der Waals surface area contributed by atoms with Crippen LogP contribution in [0.4, 0.5) is 0 Å². The molecule has 0 aliphatic carbocycles. The van der Waals surface area contributed by atoms with Crippen molar-refractivity contribution < 1.29 is 44.2 Å². The minimum atomic E-state index is -1.38. The topological polar surface area (TPSA) is 84.2 Å². The molecular formula is C12H9N2NaO4. The molecule has 0 fully saturated rings. The second-order valence-electron chi connectivity index (χ2n) is 3.47. The molecule has 92 valence electrons. The number of carbonyl (C=O) groups excluding carboxylic acids is 1. The van der Waals surface area contributed by atoms with Gasteiger partial charge in [-0.2, -0.15) is 0 Å². The van der Waals surface area contributed by atoms with Crippen molar-refractivity contribution in [3.05, 3.63) is 41.0 Å². The van der Waals surface area contributed by atoms with Crippen LogP contribution in [0.25, 0.3) is 17.1 Å². The minimum absolute atomic E-state index is 0. The van der Waals surface area contributed by atoms with Gasteiger partial charge in [-0.1, -0.05) is 0 Å². The summed E-state index contributed by atoms with van der Waals surface area (Å²) < 4.78 is 6.08. The number of hydrogen-bond acceptors (Lipinski definition) is 5. The first-order chi connectivity index (χ1) is 8.61. The van der Waals surface area contributed by atoms with Crippen LogP contribution >= 0.6 is 0 Å². The van der Waals surface area contributed by atoms with Gasteiger partial charge in [-0.05, 0) is 24.3 Å². The summed E-state index contributed by atoms with van der Waals surface area (Å²) in [6.07, 6.45) is 3.09. The zero-order valence-corrected chi connectivity index (χ0v) is 12.5. The molecule has 0 unspecified atom stereocenters. The van der Waals surface area contributed by atoms with Gasteiger partial charge in [0.25, 0.3) is 5.56 Å².